The summed E-state index contributed by atoms with van der Waals surface area (Å²) in [6, 6.07) is 9.76. The molecule has 0 bridgehead atoms. The second-order valence-corrected chi connectivity index (χ2v) is 7.89. The zero-order valence-corrected chi connectivity index (χ0v) is 14.4. The van der Waals surface area contributed by atoms with Crippen molar-refractivity contribution < 1.29 is 22.7 Å². The van der Waals surface area contributed by atoms with E-state index >= 15 is 0 Å². The molecule has 1 heterocycles. The molecule has 0 saturated carbocycles. The molecule has 0 saturated heterocycles. The van der Waals surface area contributed by atoms with Crippen LogP contribution >= 0.6 is 0 Å². The van der Waals surface area contributed by atoms with Gasteiger partial charge in [-0.15, -0.1) is 0 Å². The molecule has 1 atom stereocenters. The molecule has 7 heteroatoms. The van der Waals surface area contributed by atoms with E-state index in [9.17, 15) is 12.8 Å². The van der Waals surface area contributed by atoms with Gasteiger partial charge >= 0.3 is 0 Å². The number of halogens is 1. The second-order valence-electron chi connectivity index (χ2n) is 5.94. The molecule has 1 unspecified atom stereocenters. The standard InChI is InChI=1S/C18H20FNO4S/c19-14-2-1-3-16(10-14)25(22,23)17-7-5-13-4-6-15(12-20-8-9-21)24-18(13)11-17/h1-3,5,7,10-11,15,20-21H,4,6,8-9,12H2. The predicted molar refractivity (Wildman–Crippen MR) is 91.0 cm³/mol. The van der Waals surface area contributed by atoms with Crippen LogP contribution in [0.5, 0.6) is 5.75 Å². The van der Waals surface area contributed by atoms with Crippen LogP contribution in [0.15, 0.2) is 52.3 Å². The first-order chi connectivity index (χ1) is 12.0. The lowest BCUT2D eigenvalue weighted by molar-refractivity contribution is 0.167. The van der Waals surface area contributed by atoms with Gasteiger partial charge in [-0.1, -0.05) is 12.1 Å². The summed E-state index contributed by atoms with van der Waals surface area (Å²) in [5, 5.41) is 11.9. The lowest BCUT2D eigenvalue weighted by atomic mass is 10.0. The Labute approximate surface area is 146 Å². The summed E-state index contributed by atoms with van der Waals surface area (Å²) in [7, 11) is -3.80. The maximum absolute atomic E-state index is 13.4. The van der Waals surface area contributed by atoms with Crippen molar-refractivity contribution in [3.05, 3.63) is 53.8 Å². The molecule has 0 amide bonds. The summed E-state index contributed by atoms with van der Waals surface area (Å²) in [5.74, 6) is -0.0511. The number of nitrogens with one attached hydrogen (secondary N) is 1. The van der Waals surface area contributed by atoms with E-state index in [1.165, 1.54) is 30.3 Å². The first-order valence-electron chi connectivity index (χ1n) is 8.12. The van der Waals surface area contributed by atoms with Crippen LogP contribution < -0.4 is 10.1 Å². The SMILES string of the molecule is O=S(=O)(c1cccc(F)c1)c1ccc2c(c1)OC(CNCCO)CC2. The molecular formula is C18H20FNO4S. The Balaban J connectivity index is 1.84. The van der Waals surface area contributed by atoms with Crippen molar-refractivity contribution >= 4 is 9.84 Å². The molecule has 2 N–H and O–H groups in total. The number of fused-ring (bicyclic) bond motifs is 1. The Bertz CT molecular complexity index is 854. The third kappa shape index (κ3) is 4.00. The molecule has 3 rings (SSSR count). The summed E-state index contributed by atoms with van der Waals surface area (Å²) in [6.07, 6.45) is 1.54. The highest BCUT2D eigenvalue weighted by atomic mass is 32.2. The monoisotopic (exact) mass is 365 g/mol. The number of benzene rings is 2. The summed E-state index contributed by atoms with van der Waals surface area (Å²) < 4.78 is 44.7. The average Bonchev–Trinajstić information content (AvgIpc) is 2.61. The van der Waals surface area contributed by atoms with Crippen molar-refractivity contribution in [3.8, 4) is 5.75 Å². The molecule has 0 fully saturated rings. The number of hydrogen-bond acceptors (Lipinski definition) is 5. The summed E-state index contributed by atoms with van der Waals surface area (Å²) in [4.78, 5) is 0.00485. The zero-order valence-electron chi connectivity index (χ0n) is 13.6. The van der Waals surface area contributed by atoms with Gasteiger partial charge in [-0.3, -0.25) is 0 Å². The van der Waals surface area contributed by atoms with Gasteiger partial charge < -0.3 is 15.2 Å². The average molecular weight is 365 g/mol. The fraction of sp³-hybridized carbons (Fsp3) is 0.333. The number of aliphatic hydroxyl groups is 1. The minimum atomic E-state index is -3.80. The molecule has 2 aromatic carbocycles. The molecule has 5 nitrogen and oxygen atoms in total. The van der Waals surface area contributed by atoms with E-state index < -0.39 is 15.7 Å². The van der Waals surface area contributed by atoms with E-state index in [0.717, 1.165) is 24.5 Å². The minimum Gasteiger partial charge on any atom is -0.489 e. The first-order valence-corrected chi connectivity index (χ1v) is 9.61. The van der Waals surface area contributed by atoms with Crippen LogP contribution in [-0.4, -0.2) is 39.3 Å². The zero-order chi connectivity index (χ0) is 17.9. The molecule has 2 aromatic rings. The van der Waals surface area contributed by atoms with Crippen molar-refractivity contribution in [1.82, 2.24) is 5.32 Å². The van der Waals surface area contributed by atoms with Crippen LogP contribution in [0.4, 0.5) is 4.39 Å². The molecule has 0 aliphatic carbocycles. The topological polar surface area (TPSA) is 75.6 Å². The minimum absolute atomic E-state index is 0.0549. The van der Waals surface area contributed by atoms with Crippen LogP contribution in [0.1, 0.15) is 12.0 Å². The van der Waals surface area contributed by atoms with Gasteiger partial charge in [0.2, 0.25) is 9.84 Å². The highest BCUT2D eigenvalue weighted by Gasteiger charge is 2.24. The second kappa shape index (κ2) is 7.51. The van der Waals surface area contributed by atoms with Crippen molar-refractivity contribution in [2.75, 3.05) is 19.7 Å². The first kappa shape index (κ1) is 17.8. The van der Waals surface area contributed by atoms with Gasteiger partial charge in [0.1, 0.15) is 17.7 Å². The Hall–Kier alpha value is -1.96. The molecule has 1 aliphatic heterocycles. The van der Waals surface area contributed by atoms with Gasteiger partial charge in [-0.05, 0) is 48.7 Å². The number of aryl methyl sites for hydroxylation is 1. The van der Waals surface area contributed by atoms with Crippen LogP contribution in [0.25, 0.3) is 0 Å². The van der Waals surface area contributed by atoms with Crippen molar-refractivity contribution in [2.24, 2.45) is 0 Å². The number of hydrogen-bond donors (Lipinski definition) is 2. The highest BCUT2D eigenvalue weighted by molar-refractivity contribution is 7.91. The molecule has 0 radical (unpaired) electrons. The van der Waals surface area contributed by atoms with Gasteiger partial charge in [0.05, 0.1) is 16.4 Å². The molecule has 1 aliphatic rings. The van der Waals surface area contributed by atoms with Crippen LogP contribution in [0.2, 0.25) is 0 Å². The van der Waals surface area contributed by atoms with Crippen molar-refractivity contribution in [3.63, 3.8) is 0 Å². The molecular weight excluding hydrogens is 345 g/mol. The fourth-order valence-corrected chi connectivity index (χ4v) is 4.14. The Kier molecular flexibility index (Phi) is 5.36. The Morgan fingerprint density at radius 3 is 2.76 bits per heavy atom. The smallest absolute Gasteiger partial charge is 0.206 e. The maximum Gasteiger partial charge on any atom is 0.206 e. The lowest BCUT2D eigenvalue weighted by Gasteiger charge is -2.26. The summed E-state index contributed by atoms with van der Waals surface area (Å²) in [5.41, 5.74) is 0.955. The van der Waals surface area contributed by atoms with E-state index in [1.54, 1.807) is 6.07 Å². The van der Waals surface area contributed by atoms with Crippen molar-refractivity contribution in [1.29, 1.82) is 0 Å². The Morgan fingerprint density at radius 2 is 2.00 bits per heavy atom. The number of rotatable bonds is 6. The quantitative estimate of drug-likeness (QED) is 0.765. The maximum atomic E-state index is 13.4. The predicted octanol–water partition coefficient (Wildman–Crippen LogP) is 1.93. The third-order valence-corrected chi connectivity index (χ3v) is 5.89. The third-order valence-electron chi connectivity index (χ3n) is 4.15. The van der Waals surface area contributed by atoms with E-state index in [2.05, 4.69) is 5.32 Å². The van der Waals surface area contributed by atoms with Gasteiger partial charge in [-0.25, -0.2) is 12.8 Å². The summed E-state index contributed by atoms with van der Waals surface area (Å²) >= 11 is 0. The van der Waals surface area contributed by atoms with Crippen molar-refractivity contribution in [2.45, 2.75) is 28.7 Å². The fourth-order valence-electron chi connectivity index (χ4n) is 2.83. The van der Waals surface area contributed by atoms with Crippen LogP contribution in [-0.2, 0) is 16.3 Å². The molecule has 25 heavy (non-hydrogen) atoms. The number of sulfone groups is 1. The van der Waals surface area contributed by atoms with Crippen LogP contribution in [0.3, 0.4) is 0 Å². The van der Waals surface area contributed by atoms with Gasteiger partial charge in [-0.2, -0.15) is 0 Å². The Morgan fingerprint density at radius 1 is 1.20 bits per heavy atom. The van der Waals surface area contributed by atoms with E-state index in [1.807, 2.05) is 0 Å². The van der Waals surface area contributed by atoms with Gasteiger partial charge in [0.25, 0.3) is 0 Å². The summed E-state index contributed by atoms with van der Waals surface area (Å²) in [6.45, 7) is 1.13. The molecule has 134 valence electrons. The van der Waals surface area contributed by atoms with Gasteiger partial charge in [0, 0.05) is 13.1 Å². The number of ether oxygens (including phenoxy) is 1. The molecule has 0 spiro atoms. The van der Waals surface area contributed by atoms with E-state index in [-0.39, 0.29) is 22.5 Å². The van der Waals surface area contributed by atoms with E-state index in [4.69, 9.17) is 9.84 Å². The van der Waals surface area contributed by atoms with Crippen LogP contribution in [0, 0.1) is 5.82 Å². The van der Waals surface area contributed by atoms with Gasteiger partial charge in [0.15, 0.2) is 0 Å². The lowest BCUT2D eigenvalue weighted by Crippen LogP contribution is -2.35. The normalized spacial score (nSPS) is 17.0. The highest BCUT2D eigenvalue weighted by Crippen LogP contribution is 2.32. The number of aliphatic hydroxyl groups excluding tert-OH is 1. The molecule has 0 aromatic heterocycles. The van der Waals surface area contributed by atoms with E-state index in [0.29, 0.717) is 18.8 Å². The largest absolute Gasteiger partial charge is 0.489 e.